The lowest BCUT2D eigenvalue weighted by Crippen LogP contribution is -2.40. The highest BCUT2D eigenvalue weighted by molar-refractivity contribution is 5.96. The van der Waals surface area contributed by atoms with Gasteiger partial charge in [0, 0.05) is 32.1 Å². The third-order valence-corrected chi connectivity index (χ3v) is 5.20. The lowest BCUT2D eigenvalue weighted by molar-refractivity contribution is -0.135. The number of rotatable bonds is 3. The molecule has 2 aliphatic rings. The Morgan fingerprint density at radius 3 is 2.68 bits per heavy atom. The highest BCUT2D eigenvalue weighted by atomic mass is 16.5. The van der Waals surface area contributed by atoms with Gasteiger partial charge in [-0.15, -0.1) is 0 Å². The van der Waals surface area contributed by atoms with E-state index >= 15 is 0 Å². The Balaban J connectivity index is 1.65. The molecule has 3 rings (SSSR count). The summed E-state index contributed by atoms with van der Waals surface area (Å²) in [5, 5.41) is 3.98. The monoisotopic (exact) mass is 345 g/mol. The minimum absolute atomic E-state index is 0.0227. The molecule has 1 unspecified atom stereocenters. The van der Waals surface area contributed by atoms with Crippen LogP contribution in [-0.2, 0) is 11.2 Å². The molecule has 2 heterocycles. The number of hydrogen-bond acceptors (Lipinski definition) is 4. The van der Waals surface area contributed by atoms with Gasteiger partial charge in [-0.1, -0.05) is 24.2 Å². The summed E-state index contributed by atoms with van der Waals surface area (Å²) in [6, 6.07) is 0. The number of aryl methyl sites for hydroxylation is 2. The van der Waals surface area contributed by atoms with Crippen molar-refractivity contribution in [2.24, 2.45) is 5.92 Å². The van der Waals surface area contributed by atoms with E-state index < -0.39 is 0 Å². The first-order valence-electron chi connectivity index (χ1n) is 9.30. The summed E-state index contributed by atoms with van der Waals surface area (Å²) in [6.07, 6.45) is 8.52. The van der Waals surface area contributed by atoms with Gasteiger partial charge in [0.1, 0.15) is 11.3 Å². The topological polar surface area (TPSA) is 66.7 Å². The van der Waals surface area contributed by atoms with Gasteiger partial charge >= 0.3 is 0 Å². The van der Waals surface area contributed by atoms with Crippen molar-refractivity contribution in [3.63, 3.8) is 0 Å². The Kier molecular flexibility index (Phi) is 5.56. The fraction of sp³-hybridized carbons (Fsp3) is 0.632. The molecular weight excluding hydrogens is 318 g/mol. The largest absolute Gasteiger partial charge is 0.361 e. The zero-order valence-electron chi connectivity index (χ0n) is 15.2. The van der Waals surface area contributed by atoms with Crippen molar-refractivity contribution in [3.05, 3.63) is 29.2 Å². The molecule has 6 heteroatoms. The first-order valence-corrected chi connectivity index (χ1v) is 9.30. The first-order chi connectivity index (χ1) is 12.1. The molecular formula is C19H27N3O3. The van der Waals surface area contributed by atoms with E-state index in [-0.39, 0.29) is 17.7 Å². The maximum absolute atomic E-state index is 12.9. The van der Waals surface area contributed by atoms with E-state index in [0.29, 0.717) is 43.1 Å². The highest BCUT2D eigenvalue weighted by Crippen LogP contribution is 2.22. The Morgan fingerprint density at radius 2 is 1.96 bits per heavy atom. The number of carbonyl (C=O) groups is 2. The molecule has 25 heavy (non-hydrogen) atoms. The van der Waals surface area contributed by atoms with E-state index in [0.717, 1.165) is 32.2 Å². The van der Waals surface area contributed by atoms with Crippen LogP contribution in [0.25, 0.3) is 0 Å². The summed E-state index contributed by atoms with van der Waals surface area (Å²) in [4.78, 5) is 29.4. The normalized spacial score (nSPS) is 21.3. The summed E-state index contributed by atoms with van der Waals surface area (Å²) in [5.74, 6) is 0.909. The van der Waals surface area contributed by atoms with Gasteiger partial charge in [-0.2, -0.15) is 0 Å². The van der Waals surface area contributed by atoms with Crippen molar-refractivity contribution in [1.82, 2.24) is 15.0 Å². The number of hydrogen-bond donors (Lipinski definition) is 0. The van der Waals surface area contributed by atoms with Crippen molar-refractivity contribution < 1.29 is 14.1 Å². The molecule has 2 amide bonds. The van der Waals surface area contributed by atoms with E-state index in [9.17, 15) is 9.59 Å². The average molecular weight is 345 g/mol. The maximum atomic E-state index is 12.9. The van der Waals surface area contributed by atoms with Gasteiger partial charge in [0.2, 0.25) is 5.91 Å². The third-order valence-electron chi connectivity index (χ3n) is 5.20. The van der Waals surface area contributed by atoms with Crippen LogP contribution >= 0.6 is 0 Å². The lowest BCUT2D eigenvalue weighted by atomic mass is 9.93. The van der Waals surface area contributed by atoms with Gasteiger partial charge in [-0.25, -0.2) is 0 Å². The van der Waals surface area contributed by atoms with Crippen molar-refractivity contribution >= 4 is 11.8 Å². The number of amides is 2. The molecule has 0 N–H and O–H groups in total. The Morgan fingerprint density at radius 1 is 1.20 bits per heavy atom. The Labute approximate surface area is 148 Å². The van der Waals surface area contributed by atoms with Gasteiger partial charge in [0.05, 0.1) is 5.69 Å². The van der Waals surface area contributed by atoms with Crippen LogP contribution in [0.1, 0.15) is 54.4 Å². The van der Waals surface area contributed by atoms with Crippen LogP contribution in [0.4, 0.5) is 0 Å². The molecule has 6 nitrogen and oxygen atoms in total. The Bertz CT molecular complexity index is 665. The van der Waals surface area contributed by atoms with Gasteiger partial charge in [0.25, 0.3) is 5.91 Å². The molecule has 0 bridgehead atoms. The van der Waals surface area contributed by atoms with E-state index in [1.807, 2.05) is 16.7 Å². The van der Waals surface area contributed by atoms with Crippen LogP contribution in [0.3, 0.4) is 0 Å². The van der Waals surface area contributed by atoms with Crippen molar-refractivity contribution in [2.45, 2.75) is 46.0 Å². The van der Waals surface area contributed by atoms with Crippen LogP contribution in [0.2, 0.25) is 0 Å². The average Bonchev–Trinajstić information content (AvgIpc) is 2.86. The minimum Gasteiger partial charge on any atom is -0.361 e. The van der Waals surface area contributed by atoms with E-state index in [2.05, 4.69) is 17.3 Å². The molecule has 0 radical (unpaired) electrons. The molecule has 0 spiro atoms. The molecule has 1 aromatic heterocycles. The third kappa shape index (κ3) is 3.78. The molecule has 1 saturated heterocycles. The van der Waals surface area contributed by atoms with Crippen LogP contribution < -0.4 is 0 Å². The van der Waals surface area contributed by atoms with Crippen LogP contribution in [0, 0.1) is 12.8 Å². The molecule has 1 aromatic rings. The van der Waals surface area contributed by atoms with Crippen LogP contribution in [0.5, 0.6) is 0 Å². The van der Waals surface area contributed by atoms with E-state index in [1.165, 1.54) is 0 Å². The number of nitrogens with zero attached hydrogens (tertiary/aromatic N) is 3. The molecule has 0 saturated carbocycles. The second kappa shape index (κ2) is 7.85. The van der Waals surface area contributed by atoms with Gasteiger partial charge in [0.15, 0.2) is 0 Å². The molecule has 1 aliphatic carbocycles. The second-order valence-electron chi connectivity index (χ2n) is 6.87. The smallest absolute Gasteiger partial charge is 0.259 e. The molecule has 1 atom stereocenters. The van der Waals surface area contributed by atoms with Gasteiger partial charge < -0.3 is 14.3 Å². The van der Waals surface area contributed by atoms with Gasteiger partial charge in [-0.05, 0) is 39.0 Å². The first kappa shape index (κ1) is 17.7. The zero-order valence-corrected chi connectivity index (χ0v) is 15.2. The maximum Gasteiger partial charge on any atom is 0.259 e. The minimum atomic E-state index is -0.0227. The zero-order chi connectivity index (χ0) is 17.8. The molecule has 1 fully saturated rings. The van der Waals surface area contributed by atoms with Gasteiger partial charge in [-0.3, -0.25) is 9.59 Å². The fourth-order valence-corrected chi connectivity index (χ4v) is 3.71. The van der Waals surface area contributed by atoms with Crippen molar-refractivity contribution in [1.29, 1.82) is 0 Å². The lowest BCUT2D eigenvalue weighted by Gasteiger charge is -2.27. The van der Waals surface area contributed by atoms with Crippen LogP contribution in [-0.4, -0.2) is 52.9 Å². The quantitative estimate of drug-likeness (QED) is 0.790. The number of carbonyl (C=O) groups excluding carboxylic acids is 2. The molecule has 136 valence electrons. The summed E-state index contributed by atoms with van der Waals surface area (Å²) in [7, 11) is 0. The second-order valence-corrected chi connectivity index (χ2v) is 6.87. The summed E-state index contributed by atoms with van der Waals surface area (Å²) >= 11 is 0. The van der Waals surface area contributed by atoms with E-state index in [1.54, 1.807) is 6.92 Å². The Hall–Kier alpha value is -2.11. The number of allylic oxidation sites excluding steroid dienone is 2. The summed E-state index contributed by atoms with van der Waals surface area (Å²) in [6.45, 7) is 6.32. The van der Waals surface area contributed by atoms with Crippen molar-refractivity contribution in [2.75, 3.05) is 26.2 Å². The SMILES string of the molecule is CCc1noc(C)c1C(=O)N1CCCN(C(=O)C2CC=CCC2)CC1. The predicted octanol–water partition coefficient (Wildman–Crippen LogP) is 2.58. The predicted molar refractivity (Wildman–Crippen MR) is 94.2 cm³/mol. The highest BCUT2D eigenvalue weighted by Gasteiger charge is 2.29. The van der Waals surface area contributed by atoms with E-state index in [4.69, 9.17) is 4.52 Å². The summed E-state index contributed by atoms with van der Waals surface area (Å²) < 4.78 is 5.20. The fourth-order valence-electron chi connectivity index (χ4n) is 3.71. The van der Waals surface area contributed by atoms with Crippen molar-refractivity contribution in [3.8, 4) is 0 Å². The standard InChI is InChI=1S/C19H27N3O3/c1-3-16-17(14(2)25-20-16)19(24)22-11-7-10-21(12-13-22)18(23)15-8-5-4-6-9-15/h4-5,15H,3,6-13H2,1-2H3. The molecule has 1 aliphatic heterocycles. The van der Waals surface area contributed by atoms with Crippen LogP contribution in [0.15, 0.2) is 16.7 Å². The summed E-state index contributed by atoms with van der Waals surface area (Å²) in [5.41, 5.74) is 1.31. The number of aromatic nitrogens is 1. The molecule has 0 aromatic carbocycles.